The Kier molecular flexibility index (Phi) is 29.8. The number of hydrogen-bond donors (Lipinski definition) is 1. The number of carbonyl (C=O) groups excluding carboxylic acids is 5. The van der Waals surface area contributed by atoms with Crippen molar-refractivity contribution in [2.75, 3.05) is 168 Å². The lowest BCUT2D eigenvalue weighted by Crippen LogP contribution is -2.44. The molecule has 0 amide bonds. The first kappa shape index (κ1) is 49.1. The van der Waals surface area contributed by atoms with Gasteiger partial charge >= 0.3 is 29.8 Å². The monoisotopic (exact) mass is 748 g/mol. The van der Waals surface area contributed by atoms with Gasteiger partial charge in [-0.3, -0.25) is 28.9 Å². The number of rotatable bonds is 33. The number of methoxy groups -OCH3 is 5. The summed E-state index contributed by atoms with van der Waals surface area (Å²) in [5.74, 6) is -1.36. The summed E-state index contributed by atoms with van der Waals surface area (Å²) in [5, 5.41) is 3.29. The van der Waals surface area contributed by atoms with Crippen molar-refractivity contribution in [1.82, 2.24) is 34.7 Å². The molecule has 0 aromatic carbocycles. The highest BCUT2D eigenvalue weighted by atomic mass is 16.5. The van der Waals surface area contributed by atoms with Gasteiger partial charge in [0.25, 0.3) is 0 Å². The second-order valence-electron chi connectivity index (χ2n) is 12.8. The molecule has 0 aromatic heterocycles. The van der Waals surface area contributed by atoms with E-state index in [1.807, 2.05) is 0 Å². The third kappa shape index (κ3) is 27.7. The Bertz CT molecular complexity index is 896. The van der Waals surface area contributed by atoms with E-state index in [2.05, 4.69) is 55.9 Å². The molecule has 0 aliphatic rings. The molecule has 0 atom stereocenters. The zero-order valence-electron chi connectivity index (χ0n) is 33.3. The van der Waals surface area contributed by atoms with Gasteiger partial charge in [-0.05, 0) is 21.1 Å². The van der Waals surface area contributed by atoms with Crippen LogP contribution in [0.1, 0.15) is 32.1 Å². The van der Waals surface area contributed by atoms with Gasteiger partial charge in [-0.25, -0.2) is 0 Å². The highest BCUT2D eigenvalue weighted by Gasteiger charge is 2.16. The molecule has 0 fully saturated rings. The molecule has 0 aliphatic carbocycles. The first-order chi connectivity index (χ1) is 24.9. The van der Waals surface area contributed by atoms with Gasteiger partial charge in [-0.15, -0.1) is 0 Å². The Morgan fingerprint density at radius 3 is 0.885 bits per heavy atom. The smallest absolute Gasteiger partial charge is 0.306 e. The van der Waals surface area contributed by atoms with Gasteiger partial charge in [0.05, 0.1) is 67.7 Å². The van der Waals surface area contributed by atoms with Crippen LogP contribution in [0.5, 0.6) is 0 Å². The van der Waals surface area contributed by atoms with Crippen molar-refractivity contribution >= 4 is 29.8 Å². The van der Waals surface area contributed by atoms with Crippen molar-refractivity contribution in [2.45, 2.75) is 32.1 Å². The molecule has 0 aliphatic heterocycles. The minimum atomic E-state index is -0.283. The van der Waals surface area contributed by atoms with Crippen molar-refractivity contribution in [2.24, 2.45) is 0 Å². The molecule has 0 unspecified atom stereocenters. The Morgan fingerprint density at radius 1 is 0.346 bits per heavy atom. The summed E-state index contributed by atoms with van der Waals surface area (Å²) in [4.78, 5) is 71.8. The summed E-state index contributed by atoms with van der Waals surface area (Å²) in [6.45, 7) is 12.2. The highest BCUT2D eigenvalue weighted by Crippen LogP contribution is 2.02. The Hall–Kier alpha value is -2.93. The number of nitrogens with one attached hydrogen (secondary N) is 1. The SMILES string of the molecule is COC(=O)CCNCCN(C)CCN(CCN(C)CCN(CCC(=O)OC)CCC(=O)OC)CCN(C)CCN(CCC(=O)OC)CCC(=O)OC. The highest BCUT2D eigenvalue weighted by molar-refractivity contribution is 5.70. The third-order valence-electron chi connectivity index (χ3n) is 8.83. The lowest BCUT2D eigenvalue weighted by atomic mass is 10.3. The molecule has 0 rings (SSSR count). The summed E-state index contributed by atoms with van der Waals surface area (Å²) in [6, 6.07) is 0. The fourth-order valence-electron chi connectivity index (χ4n) is 5.00. The molecule has 0 saturated heterocycles. The molecule has 17 nitrogen and oxygen atoms in total. The van der Waals surface area contributed by atoms with E-state index >= 15 is 0 Å². The van der Waals surface area contributed by atoms with Crippen LogP contribution in [-0.4, -0.2) is 227 Å². The summed E-state index contributed by atoms with van der Waals surface area (Å²) < 4.78 is 23.9. The van der Waals surface area contributed by atoms with Crippen molar-refractivity contribution in [3.63, 3.8) is 0 Å². The van der Waals surface area contributed by atoms with Gasteiger partial charge in [0.2, 0.25) is 0 Å². The van der Waals surface area contributed by atoms with Crippen molar-refractivity contribution in [3.8, 4) is 0 Å². The molecule has 52 heavy (non-hydrogen) atoms. The molecule has 0 heterocycles. The van der Waals surface area contributed by atoms with Crippen LogP contribution in [0.4, 0.5) is 0 Å². The van der Waals surface area contributed by atoms with Crippen molar-refractivity contribution in [3.05, 3.63) is 0 Å². The zero-order chi connectivity index (χ0) is 39.1. The minimum Gasteiger partial charge on any atom is -0.469 e. The average molecular weight is 748 g/mol. The Labute approximate surface area is 312 Å². The van der Waals surface area contributed by atoms with E-state index < -0.39 is 0 Å². The summed E-state index contributed by atoms with van der Waals surface area (Å²) in [7, 11) is 13.1. The normalized spacial score (nSPS) is 11.6. The molecule has 0 saturated carbocycles. The zero-order valence-corrected chi connectivity index (χ0v) is 33.3. The molecule has 0 spiro atoms. The fourth-order valence-corrected chi connectivity index (χ4v) is 5.00. The molecule has 0 aromatic rings. The number of nitrogens with zero attached hydrogens (tertiary/aromatic N) is 6. The maximum atomic E-state index is 11.8. The molecular weight excluding hydrogens is 678 g/mol. The Morgan fingerprint density at radius 2 is 0.596 bits per heavy atom. The number of likely N-dealkylation sites (N-methyl/N-ethyl adjacent to an activating group) is 3. The van der Waals surface area contributed by atoms with E-state index in [0.29, 0.717) is 52.2 Å². The van der Waals surface area contributed by atoms with Gasteiger partial charge in [-0.1, -0.05) is 0 Å². The van der Waals surface area contributed by atoms with Crippen LogP contribution in [-0.2, 0) is 47.7 Å². The van der Waals surface area contributed by atoms with Crippen LogP contribution in [0, 0.1) is 0 Å². The van der Waals surface area contributed by atoms with E-state index in [9.17, 15) is 24.0 Å². The second kappa shape index (κ2) is 31.6. The van der Waals surface area contributed by atoms with E-state index in [-0.39, 0.29) is 55.5 Å². The number of hydrogen-bond acceptors (Lipinski definition) is 17. The van der Waals surface area contributed by atoms with Crippen LogP contribution >= 0.6 is 0 Å². The molecule has 304 valence electrons. The summed E-state index contributed by atoms with van der Waals surface area (Å²) in [6.07, 6.45) is 1.37. The quantitative estimate of drug-likeness (QED) is 0.0499. The first-order valence-corrected chi connectivity index (χ1v) is 18.1. The first-order valence-electron chi connectivity index (χ1n) is 18.1. The van der Waals surface area contributed by atoms with Gasteiger partial charge < -0.3 is 53.5 Å². The van der Waals surface area contributed by atoms with E-state index in [1.54, 1.807) is 0 Å². The molecule has 0 radical (unpaired) electrons. The second-order valence-corrected chi connectivity index (χ2v) is 12.8. The number of carbonyl (C=O) groups is 5. The van der Waals surface area contributed by atoms with E-state index in [0.717, 1.165) is 65.4 Å². The predicted molar refractivity (Wildman–Crippen MR) is 198 cm³/mol. The lowest BCUT2D eigenvalue weighted by Gasteiger charge is -2.31. The molecule has 1 N–H and O–H groups in total. The van der Waals surface area contributed by atoms with E-state index in [1.165, 1.54) is 35.5 Å². The van der Waals surface area contributed by atoms with Gasteiger partial charge in [0, 0.05) is 111 Å². The fraction of sp³-hybridized carbons (Fsp3) is 0.857. The average Bonchev–Trinajstić information content (AvgIpc) is 3.15. The van der Waals surface area contributed by atoms with Gasteiger partial charge in [-0.2, -0.15) is 0 Å². The van der Waals surface area contributed by atoms with Gasteiger partial charge in [0.15, 0.2) is 0 Å². The summed E-state index contributed by atoms with van der Waals surface area (Å²) >= 11 is 0. The topological polar surface area (TPSA) is 163 Å². The summed E-state index contributed by atoms with van der Waals surface area (Å²) in [5.41, 5.74) is 0. The lowest BCUT2D eigenvalue weighted by molar-refractivity contribution is -0.142. The maximum absolute atomic E-state index is 11.8. The van der Waals surface area contributed by atoms with Crippen LogP contribution < -0.4 is 5.32 Å². The molecular formula is C35H69N7O10. The van der Waals surface area contributed by atoms with Crippen LogP contribution in [0.2, 0.25) is 0 Å². The minimum absolute atomic E-state index is 0.225. The van der Waals surface area contributed by atoms with Gasteiger partial charge in [0.1, 0.15) is 0 Å². The molecule has 17 heteroatoms. The predicted octanol–water partition coefficient (Wildman–Crippen LogP) is -0.907. The van der Waals surface area contributed by atoms with Crippen LogP contribution in [0.3, 0.4) is 0 Å². The molecule has 0 bridgehead atoms. The van der Waals surface area contributed by atoms with Crippen molar-refractivity contribution in [1.29, 1.82) is 0 Å². The maximum Gasteiger partial charge on any atom is 0.306 e. The van der Waals surface area contributed by atoms with E-state index in [4.69, 9.17) is 23.7 Å². The number of esters is 5. The third-order valence-corrected chi connectivity index (χ3v) is 8.83. The van der Waals surface area contributed by atoms with Crippen molar-refractivity contribution < 1.29 is 47.7 Å². The standard InChI is InChI=1S/C35H69N7O10/c1-37(20-15-36-14-9-31(43)48-4)21-28-42(29-24-38(2)22-26-40(16-10-32(44)49-5)17-11-33(45)50-6)30-25-39(3)23-27-41(18-12-34(46)51-7)19-13-35(47)52-8/h36H,9-30H2,1-8H3. The largest absolute Gasteiger partial charge is 0.469 e. The van der Waals surface area contributed by atoms with Crippen LogP contribution in [0.25, 0.3) is 0 Å². The number of ether oxygens (including phenoxy) is 5. The Balaban J connectivity index is 5.22. The van der Waals surface area contributed by atoms with Crippen LogP contribution in [0.15, 0.2) is 0 Å².